The van der Waals surface area contributed by atoms with Gasteiger partial charge in [-0.05, 0) is 17.8 Å². The molecule has 1 aliphatic heterocycles. The van der Waals surface area contributed by atoms with Crippen molar-refractivity contribution in [2.75, 3.05) is 13.6 Å². The van der Waals surface area contributed by atoms with E-state index < -0.39 is 0 Å². The van der Waals surface area contributed by atoms with Gasteiger partial charge in [0.15, 0.2) is 0 Å². The quantitative estimate of drug-likeness (QED) is 0.635. The summed E-state index contributed by atoms with van der Waals surface area (Å²) in [4.78, 5) is 13.2. The second kappa shape index (κ2) is 4.10. The molecule has 0 amide bonds. The Morgan fingerprint density at radius 1 is 1.67 bits per heavy atom. The lowest BCUT2D eigenvalue weighted by Crippen LogP contribution is -2.18. The van der Waals surface area contributed by atoms with E-state index in [0.29, 0.717) is 18.6 Å². The maximum absolute atomic E-state index is 11.1. The molecule has 0 bridgehead atoms. The Kier molecular flexibility index (Phi) is 3.09. The van der Waals surface area contributed by atoms with E-state index in [4.69, 9.17) is 0 Å². The van der Waals surface area contributed by atoms with Crippen LogP contribution >= 0.6 is 0 Å². The number of Topliss-reactive ketones (excluding diaryl/α,β-unsaturated/α-hetero) is 1. The first-order valence-corrected chi connectivity index (χ1v) is 4.30. The molecule has 1 rings (SSSR count). The molecule has 1 aliphatic rings. The Bertz CT molecular complexity index is 228. The maximum Gasteiger partial charge on any atom is 0.136 e. The first-order chi connectivity index (χ1) is 5.72. The molecular formula is C10H15NO. The molecule has 66 valence electrons. The van der Waals surface area contributed by atoms with Gasteiger partial charge in [-0.2, -0.15) is 0 Å². The van der Waals surface area contributed by atoms with Crippen molar-refractivity contribution in [1.29, 1.82) is 0 Å². The lowest BCUT2D eigenvalue weighted by atomic mass is 10.1. The Labute approximate surface area is 73.6 Å². The van der Waals surface area contributed by atoms with Crippen molar-refractivity contribution in [2.45, 2.75) is 19.8 Å². The van der Waals surface area contributed by atoms with Gasteiger partial charge in [0.2, 0.25) is 0 Å². The van der Waals surface area contributed by atoms with Crippen molar-refractivity contribution in [2.24, 2.45) is 0 Å². The van der Waals surface area contributed by atoms with E-state index in [9.17, 15) is 4.79 Å². The van der Waals surface area contributed by atoms with Gasteiger partial charge in [-0.15, -0.1) is 0 Å². The molecule has 0 aromatic heterocycles. The zero-order valence-electron chi connectivity index (χ0n) is 7.71. The molecule has 0 N–H and O–H groups in total. The molecule has 0 aromatic rings. The highest BCUT2D eigenvalue weighted by atomic mass is 16.1. The molecule has 0 unspecified atom stereocenters. The normalized spacial score (nSPS) is 16.2. The number of likely N-dealkylation sites (N-methyl/N-ethyl adjacent to an activating group) is 1. The minimum absolute atomic E-state index is 0.324. The van der Waals surface area contributed by atoms with Crippen LogP contribution in [0.15, 0.2) is 23.9 Å². The van der Waals surface area contributed by atoms with Crippen LogP contribution < -0.4 is 0 Å². The number of ketones is 1. The molecular weight excluding hydrogens is 150 g/mol. The summed E-state index contributed by atoms with van der Waals surface area (Å²) in [5, 5.41) is 0. The van der Waals surface area contributed by atoms with Gasteiger partial charge >= 0.3 is 0 Å². The van der Waals surface area contributed by atoms with Crippen LogP contribution in [0.25, 0.3) is 0 Å². The molecule has 0 saturated carbocycles. The van der Waals surface area contributed by atoms with Gasteiger partial charge in [0.05, 0.1) is 0 Å². The number of hydrogen-bond acceptors (Lipinski definition) is 2. The predicted molar refractivity (Wildman–Crippen MR) is 49.8 cm³/mol. The van der Waals surface area contributed by atoms with Crippen LogP contribution in [-0.4, -0.2) is 24.3 Å². The lowest BCUT2D eigenvalue weighted by Gasteiger charge is -2.19. The number of carbonyl (C=O) groups excluding carboxylic acids is 1. The summed E-state index contributed by atoms with van der Waals surface area (Å²) >= 11 is 0. The Hall–Kier alpha value is -1.05. The molecule has 2 nitrogen and oxygen atoms in total. The molecule has 0 aliphatic carbocycles. The average Bonchev–Trinajstić information content (AvgIpc) is 2.04. The first kappa shape index (κ1) is 9.04. The predicted octanol–water partition coefficient (Wildman–Crippen LogP) is 1.74. The fourth-order valence-corrected chi connectivity index (χ4v) is 1.24. The summed E-state index contributed by atoms with van der Waals surface area (Å²) in [5.41, 5.74) is 1.21. The van der Waals surface area contributed by atoms with E-state index in [-0.39, 0.29) is 0 Å². The topological polar surface area (TPSA) is 20.3 Å². The Morgan fingerprint density at radius 2 is 2.42 bits per heavy atom. The SMILES string of the molecule is CCC(=O)CC1=CC=CN(C)C1. The minimum atomic E-state index is 0.324. The first-order valence-electron chi connectivity index (χ1n) is 4.30. The average molecular weight is 165 g/mol. The molecule has 0 atom stereocenters. The van der Waals surface area contributed by atoms with E-state index in [1.54, 1.807) is 0 Å². The van der Waals surface area contributed by atoms with E-state index in [1.807, 2.05) is 32.3 Å². The van der Waals surface area contributed by atoms with Gasteiger partial charge in [-0.25, -0.2) is 0 Å². The summed E-state index contributed by atoms with van der Waals surface area (Å²) in [6.07, 6.45) is 7.30. The van der Waals surface area contributed by atoms with E-state index in [1.165, 1.54) is 5.57 Å². The number of rotatable bonds is 3. The number of allylic oxidation sites excluding steroid dienone is 2. The van der Waals surface area contributed by atoms with Gasteiger partial charge in [-0.1, -0.05) is 13.0 Å². The van der Waals surface area contributed by atoms with Crippen LogP contribution in [0.3, 0.4) is 0 Å². The highest BCUT2D eigenvalue weighted by Crippen LogP contribution is 2.10. The molecule has 0 saturated heterocycles. The maximum atomic E-state index is 11.1. The van der Waals surface area contributed by atoms with Crippen molar-refractivity contribution in [3.05, 3.63) is 23.9 Å². The van der Waals surface area contributed by atoms with E-state index >= 15 is 0 Å². The Morgan fingerprint density at radius 3 is 3.00 bits per heavy atom. The Balaban J connectivity index is 2.48. The third-order valence-electron chi connectivity index (χ3n) is 1.94. The molecule has 12 heavy (non-hydrogen) atoms. The summed E-state index contributed by atoms with van der Waals surface area (Å²) in [6, 6.07) is 0. The van der Waals surface area contributed by atoms with Gasteiger partial charge in [0.1, 0.15) is 5.78 Å². The molecule has 0 fully saturated rings. The lowest BCUT2D eigenvalue weighted by molar-refractivity contribution is -0.118. The van der Waals surface area contributed by atoms with Crippen LogP contribution in [0, 0.1) is 0 Å². The van der Waals surface area contributed by atoms with Crippen LogP contribution in [-0.2, 0) is 4.79 Å². The van der Waals surface area contributed by atoms with Crippen LogP contribution in [0.5, 0.6) is 0 Å². The van der Waals surface area contributed by atoms with Crippen LogP contribution in [0.2, 0.25) is 0 Å². The monoisotopic (exact) mass is 165 g/mol. The zero-order chi connectivity index (χ0) is 8.97. The number of carbonyl (C=O) groups is 1. The van der Waals surface area contributed by atoms with E-state index in [0.717, 1.165) is 6.54 Å². The van der Waals surface area contributed by atoms with Gasteiger partial charge in [0, 0.05) is 26.4 Å². The van der Waals surface area contributed by atoms with Crippen molar-refractivity contribution in [3.8, 4) is 0 Å². The number of nitrogens with zero attached hydrogens (tertiary/aromatic N) is 1. The van der Waals surface area contributed by atoms with Gasteiger partial charge < -0.3 is 4.90 Å². The molecule has 0 aromatic carbocycles. The van der Waals surface area contributed by atoms with Crippen molar-refractivity contribution >= 4 is 5.78 Å². The van der Waals surface area contributed by atoms with Crippen molar-refractivity contribution in [1.82, 2.24) is 4.90 Å². The largest absolute Gasteiger partial charge is 0.376 e. The van der Waals surface area contributed by atoms with Crippen LogP contribution in [0.1, 0.15) is 19.8 Å². The van der Waals surface area contributed by atoms with E-state index in [2.05, 4.69) is 4.90 Å². The van der Waals surface area contributed by atoms with Crippen molar-refractivity contribution < 1.29 is 4.79 Å². The van der Waals surface area contributed by atoms with Crippen LogP contribution in [0.4, 0.5) is 0 Å². The fourth-order valence-electron chi connectivity index (χ4n) is 1.24. The highest BCUT2D eigenvalue weighted by molar-refractivity contribution is 5.80. The molecule has 0 spiro atoms. The summed E-state index contributed by atoms with van der Waals surface area (Å²) in [6.45, 7) is 2.80. The minimum Gasteiger partial charge on any atom is -0.376 e. The smallest absolute Gasteiger partial charge is 0.136 e. The second-order valence-electron chi connectivity index (χ2n) is 3.15. The summed E-state index contributed by atoms with van der Waals surface area (Å²) in [5.74, 6) is 0.324. The molecule has 0 radical (unpaired) electrons. The summed E-state index contributed by atoms with van der Waals surface area (Å²) in [7, 11) is 2.01. The molecule has 1 heterocycles. The third-order valence-corrected chi connectivity index (χ3v) is 1.94. The summed E-state index contributed by atoms with van der Waals surface area (Å²) < 4.78 is 0. The van der Waals surface area contributed by atoms with Gasteiger partial charge in [-0.3, -0.25) is 4.79 Å². The van der Waals surface area contributed by atoms with Crippen molar-refractivity contribution in [3.63, 3.8) is 0 Å². The fraction of sp³-hybridized carbons (Fsp3) is 0.500. The highest BCUT2D eigenvalue weighted by Gasteiger charge is 2.06. The second-order valence-corrected chi connectivity index (χ2v) is 3.15. The molecule has 2 heteroatoms. The zero-order valence-corrected chi connectivity index (χ0v) is 7.71. The number of hydrogen-bond donors (Lipinski definition) is 0. The third kappa shape index (κ3) is 2.53. The van der Waals surface area contributed by atoms with Gasteiger partial charge in [0.25, 0.3) is 0 Å². The standard InChI is InChI=1S/C10H15NO/c1-3-10(12)7-9-5-4-6-11(2)8-9/h4-6H,3,7-8H2,1-2H3.